The van der Waals surface area contributed by atoms with Gasteiger partial charge in [0.2, 0.25) is 0 Å². The molecule has 1 aromatic carbocycles. The summed E-state index contributed by atoms with van der Waals surface area (Å²) in [6, 6.07) is 10.9. The quantitative estimate of drug-likeness (QED) is 0.736. The molecule has 1 aliphatic rings. The number of aliphatic carboxylic acids is 1. The average molecular weight is 370 g/mol. The van der Waals surface area contributed by atoms with E-state index >= 15 is 0 Å². The van der Waals surface area contributed by atoms with Gasteiger partial charge in [-0.1, -0.05) is 30.3 Å². The molecule has 2 heterocycles. The Hall–Kier alpha value is -1.91. The number of rotatable bonds is 7. The molecule has 2 aromatic rings. The van der Waals surface area contributed by atoms with Crippen LogP contribution >= 0.6 is 11.3 Å². The number of benzene rings is 1. The van der Waals surface area contributed by atoms with Crippen LogP contribution in [0.2, 0.25) is 0 Å². The minimum atomic E-state index is -0.688. The van der Waals surface area contributed by atoms with Crippen LogP contribution in [-0.4, -0.2) is 35.1 Å². The standard InChI is InChI=1S/C22H27NO2S/c1-16-7-3-4-9-19(16)20(22-17(2)11-14-26-22)10-6-13-23-12-5-8-18(23)15-21(24)25/h3-4,7,9-11,14,18H,5-6,8,12-13,15H2,1-2H3,(H,24,25)/t18-/m0/s1. The highest BCUT2D eigenvalue weighted by atomic mass is 32.1. The molecule has 0 bridgehead atoms. The third kappa shape index (κ3) is 4.43. The molecule has 3 nitrogen and oxygen atoms in total. The van der Waals surface area contributed by atoms with Gasteiger partial charge in [-0.3, -0.25) is 9.69 Å². The Morgan fingerprint density at radius 2 is 2.08 bits per heavy atom. The summed E-state index contributed by atoms with van der Waals surface area (Å²) in [4.78, 5) is 14.7. The maximum atomic E-state index is 11.1. The van der Waals surface area contributed by atoms with Gasteiger partial charge >= 0.3 is 5.97 Å². The summed E-state index contributed by atoms with van der Waals surface area (Å²) < 4.78 is 0. The van der Waals surface area contributed by atoms with Gasteiger partial charge in [0, 0.05) is 17.5 Å². The SMILES string of the molecule is Cc1ccccc1C(=CCCN1CCC[C@H]1CC(=O)O)c1sccc1C. The minimum Gasteiger partial charge on any atom is -0.481 e. The molecule has 0 aliphatic carbocycles. The Kier molecular flexibility index (Phi) is 6.28. The summed E-state index contributed by atoms with van der Waals surface area (Å²) in [5.74, 6) is -0.688. The third-order valence-electron chi connectivity index (χ3n) is 5.22. The summed E-state index contributed by atoms with van der Waals surface area (Å²) in [6.07, 6.45) is 5.66. The molecule has 0 radical (unpaired) electrons. The van der Waals surface area contributed by atoms with E-state index in [4.69, 9.17) is 5.11 Å². The molecule has 1 atom stereocenters. The van der Waals surface area contributed by atoms with E-state index in [0.29, 0.717) is 0 Å². The molecule has 3 rings (SSSR count). The van der Waals surface area contributed by atoms with Gasteiger partial charge in [0.25, 0.3) is 0 Å². The van der Waals surface area contributed by atoms with Crippen molar-refractivity contribution in [1.29, 1.82) is 0 Å². The number of carbonyl (C=O) groups is 1. The van der Waals surface area contributed by atoms with Gasteiger partial charge in [-0.15, -0.1) is 11.3 Å². The van der Waals surface area contributed by atoms with Crippen LogP contribution in [0, 0.1) is 13.8 Å². The van der Waals surface area contributed by atoms with E-state index in [1.54, 1.807) is 11.3 Å². The van der Waals surface area contributed by atoms with E-state index in [2.05, 4.69) is 60.5 Å². The van der Waals surface area contributed by atoms with Crippen LogP contribution < -0.4 is 0 Å². The largest absolute Gasteiger partial charge is 0.481 e. The van der Waals surface area contributed by atoms with Crippen LogP contribution in [0.25, 0.3) is 5.57 Å². The van der Waals surface area contributed by atoms with Gasteiger partial charge in [0.05, 0.1) is 6.42 Å². The Balaban J connectivity index is 1.79. The fourth-order valence-electron chi connectivity index (χ4n) is 3.85. The number of thiophene rings is 1. The first-order valence-corrected chi connectivity index (χ1v) is 10.2. The van der Waals surface area contributed by atoms with Crippen molar-refractivity contribution in [3.8, 4) is 0 Å². The number of carboxylic acids is 1. The van der Waals surface area contributed by atoms with Crippen LogP contribution in [0.1, 0.15) is 47.3 Å². The van der Waals surface area contributed by atoms with Gasteiger partial charge < -0.3 is 5.11 Å². The second kappa shape index (κ2) is 8.65. The van der Waals surface area contributed by atoms with Crippen molar-refractivity contribution in [3.05, 3.63) is 63.4 Å². The Morgan fingerprint density at radius 3 is 2.77 bits per heavy atom. The van der Waals surface area contributed by atoms with Gasteiger partial charge in [0.1, 0.15) is 0 Å². The molecule has 138 valence electrons. The zero-order valence-electron chi connectivity index (χ0n) is 15.6. The van der Waals surface area contributed by atoms with E-state index in [-0.39, 0.29) is 12.5 Å². The average Bonchev–Trinajstić information content (AvgIpc) is 3.21. The van der Waals surface area contributed by atoms with E-state index in [9.17, 15) is 4.79 Å². The first-order valence-electron chi connectivity index (χ1n) is 9.32. The van der Waals surface area contributed by atoms with Crippen molar-refractivity contribution in [2.75, 3.05) is 13.1 Å². The fraction of sp³-hybridized carbons (Fsp3) is 0.409. The van der Waals surface area contributed by atoms with E-state index in [1.165, 1.54) is 27.1 Å². The number of hydrogen-bond acceptors (Lipinski definition) is 3. The Labute approximate surface area is 160 Å². The zero-order chi connectivity index (χ0) is 18.5. The minimum absolute atomic E-state index is 0.200. The lowest BCUT2D eigenvalue weighted by atomic mass is 9.96. The lowest BCUT2D eigenvalue weighted by Gasteiger charge is -2.22. The van der Waals surface area contributed by atoms with Crippen molar-refractivity contribution in [2.45, 2.75) is 45.6 Å². The third-order valence-corrected chi connectivity index (χ3v) is 6.27. The lowest BCUT2D eigenvalue weighted by molar-refractivity contribution is -0.138. The van der Waals surface area contributed by atoms with Gasteiger partial charge in [0.15, 0.2) is 0 Å². The van der Waals surface area contributed by atoms with Crippen molar-refractivity contribution >= 4 is 22.9 Å². The summed E-state index contributed by atoms with van der Waals surface area (Å²) in [7, 11) is 0. The Bertz CT molecular complexity index is 793. The monoisotopic (exact) mass is 369 g/mol. The predicted octanol–water partition coefficient (Wildman–Crippen LogP) is 5.13. The fourth-order valence-corrected chi connectivity index (χ4v) is 4.83. The van der Waals surface area contributed by atoms with Crippen LogP contribution in [0.15, 0.2) is 41.8 Å². The lowest BCUT2D eigenvalue weighted by Crippen LogP contribution is -2.32. The van der Waals surface area contributed by atoms with E-state index in [0.717, 1.165) is 32.4 Å². The first kappa shape index (κ1) is 18.9. The first-order chi connectivity index (χ1) is 12.6. The maximum Gasteiger partial charge on any atom is 0.304 e. The van der Waals surface area contributed by atoms with Crippen LogP contribution in [0.4, 0.5) is 0 Å². The molecule has 1 saturated heterocycles. The smallest absolute Gasteiger partial charge is 0.304 e. The van der Waals surface area contributed by atoms with Crippen molar-refractivity contribution in [3.63, 3.8) is 0 Å². The molecular weight excluding hydrogens is 342 g/mol. The molecule has 26 heavy (non-hydrogen) atoms. The van der Waals surface area contributed by atoms with Gasteiger partial charge in [-0.25, -0.2) is 0 Å². The molecule has 1 aliphatic heterocycles. The number of carboxylic acid groups (broad SMARTS) is 1. The highest BCUT2D eigenvalue weighted by molar-refractivity contribution is 7.11. The van der Waals surface area contributed by atoms with Gasteiger partial charge in [-0.05, 0) is 73.4 Å². The molecule has 1 aromatic heterocycles. The maximum absolute atomic E-state index is 11.1. The molecule has 0 saturated carbocycles. The molecule has 1 N–H and O–H groups in total. The number of hydrogen-bond donors (Lipinski definition) is 1. The number of aryl methyl sites for hydroxylation is 2. The second-order valence-corrected chi connectivity index (χ2v) is 8.00. The predicted molar refractivity (Wildman–Crippen MR) is 109 cm³/mol. The molecule has 0 spiro atoms. The highest BCUT2D eigenvalue weighted by Gasteiger charge is 2.25. The highest BCUT2D eigenvalue weighted by Crippen LogP contribution is 2.32. The molecule has 0 amide bonds. The van der Waals surface area contributed by atoms with Gasteiger partial charge in [-0.2, -0.15) is 0 Å². The summed E-state index contributed by atoms with van der Waals surface area (Å²) in [5, 5.41) is 11.3. The molecule has 1 fully saturated rings. The van der Waals surface area contributed by atoms with Crippen LogP contribution in [0.5, 0.6) is 0 Å². The van der Waals surface area contributed by atoms with Crippen molar-refractivity contribution in [1.82, 2.24) is 4.90 Å². The van der Waals surface area contributed by atoms with E-state index in [1.807, 2.05) is 0 Å². The number of nitrogens with zero attached hydrogens (tertiary/aromatic N) is 1. The topological polar surface area (TPSA) is 40.5 Å². The summed E-state index contributed by atoms with van der Waals surface area (Å²) >= 11 is 1.79. The van der Waals surface area contributed by atoms with Crippen LogP contribution in [-0.2, 0) is 4.79 Å². The number of likely N-dealkylation sites (tertiary alicyclic amines) is 1. The van der Waals surface area contributed by atoms with Crippen molar-refractivity contribution in [2.24, 2.45) is 0 Å². The van der Waals surface area contributed by atoms with Crippen LogP contribution in [0.3, 0.4) is 0 Å². The summed E-state index contributed by atoms with van der Waals surface area (Å²) in [6.45, 7) is 6.28. The normalized spacial score (nSPS) is 18.4. The molecule has 0 unspecified atom stereocenters. The summed E-state index contributed by atoms with van der Waals surface area (Å²) in [5.41, 5.74) is 5.21. The van der Waals surface area contributed by atoms with Crippen molar-refractivity contribution < 1.29 is 9.90 Å². The zero-order valence-corrected chi connectivity index (χ0v) is 16.4. The molecular formula is C22H27NO2S. The molecule has 4 heteroatoms. The second-order valence-electron chi connectivity index (χ2n) is 7.08. The Morgan fingerprint density at radius 1 is 1.27 bits per heavy atom. The van der Waals surface area contributed by atoms with E-state index < -0.39 is 5.97 Å².